The first kappa shape index (κ1) is 26.5. The van der Waals surface area contributed by atoms with Crippen LogP contribution in [0.25, 0.3) is 22.1 Å². The molecule has 0 atom stereocenters. The van der Waals surface area contributed by atoms with Gasteiger partial charge in [-0.15, -0.1) is 53.4 Å². The number of benzene rings is 2. The Bertz CT molecular complexity index is 737. The maximum Gasteiger partial charge on any atom is 2.00 e. The molecule has 1 aliphatic rings. The third-order valence-electron chi connectivity index (χ3n) is 3.43. The average Bonchev–Trinajstić information content (AvgIpc) is 2.84. The fourth-order valence-electron chi connectivity index (χ4n) is 2.49. The van der Waals surface area contributed by atoms with Gasteiger partial charge < -0.3 is 5.73 Å². The third-order valence-corrected chi connectivity index (χ3v) is 3.43. The molecule has 0 aliphatic heterocycles. The van der Waals surface area contributed by atoms with Crippen molar-refractivity contribution in [3.63, 3.8) is 0 Å². The van der Waals surface area contributed by atoms with E-state index in [1.807, 2.05) is 20.8 Å². The van der Waals surface area contributed by atoms with E-state index in [-0.39, 0.29) is 52.1 Å². The molecule has 0 fully saturated rings. The summed E-state index contributed by atoms with van der Waals surface area (Å²) in [5.74, 6) is 0. The fraction of sp³-hybridized carbons (Fsp3) is 0.286. The molecule has 1 N–H and O–H groups in total. The monoisotopic (exact) mass is 411 g/mol. The van der Waals surface area contributed by atoms with E-state index in [1.54, 1.807) is 0 Å². The summed E-state index contributed by atoms with van der Waals surface area (Å²) in [6.45, 7) is 12.0. The minimum absolute atomic E-state index is 0. The largest absolute Gasteiger partial charge is 2.00 e. The zero-order valence-corrected chi connectivity index (χ0v) is 18.5. The molecule has 4 heteroatoms. The average molecular weight is 412 g/mol. The van der Waals surface area contributed by atoms with Gasteiger partial charge in [0.05, 0.1) is 0 Å². The predicted molar refractivity (Wildman–Crippen MR) is 113 cm³/mol. The summed E-state index contributed by atoms with van der Waals surface area (Å²) >= 11 is 0. The van der Waals surface area contributed by atoms with Crippen LogP contribution in [0, 0.1) is 6.92 Å². The molecule has 0 aromatic heterocycles. The fourth-order valence-corrected chi connectivity index (χ4v) is 2.49. The van der Waals surface area contributed by atoms with Crippen molar-refractivity contribution < 1.29 is 21.7 Å². The van der Waals surface area contributed by atoms with Crippen LogP contribution in [0.15, 0.2) is 54.1 Å². The van der Waals surface area contributed by atoms with Gasteiger partial charge in [0.25, 0.3) is 0 Å². The van der Waals surface area contributed by atoms with Gasteiger partial charge in [0, 0.05) is 0 Å². The maximum atomic E-state index is 6.94. The van der Waals surface area contributed by atoms with Gasteiger partial charge in [-0.25, -0.2) is 0 Å². The van der Waals surface area contributed by atoms with Gasteiger partial charge in [-0.3, -0.25) is 0 Å². The Morgan fingerprint density at radius 1 is 1.00 bits per heavy atom. The molecular weight excluding hydrogens is 385 g/mol. The molecule has 0 unspecified atom stereocenters. The Kier molecular flexibility index (Phi) is 11.8. The number of halogens is 2. The van der Waals surface area contributed by atoms with Crippen LogP contribution >= 0.6 is 24.8 Å². The van der Waals surface area contributed by atoms with Crippen molar-refractivity contribution >= 4 is 41.2 Å². The van der Waals surface area contributed by atoms with Crippen molar-refractivity contribution in [3.8, 4) is 0 Å². The summed E-state index contributed by atoms with van der Waals surface area (Å²) in [4.78, 5) is 0. The van der Waals surface area contributed by atoms with Gasteiger partial charge >= 0.3 is 21.7 Å². The molecule has 0 saturated carbocycles. The molecule has 0 amide bonds. The maximum absolute atomic E-state index is 6.94. The molecule has 0 spiro atoms. The summed E-state index contributed by atoms with van der Waals surface area (Å²) in [5.41, 5.74) is 11.9. The predicted octanol–water partition coefficient (Wildman–Crippen LogP) is 7.43. The topological polar surface area (TPSA) is 23.8 Å². The van der Waals surface area contributed by atoms with E-state index in [9.17, 15) is 0 Å². The van der Waals surface area contributed by atoms with E-state index in [1.165, 1.54) is 27.5 Å². The second-order valence-electron chi connectivity index (χ2n) is 6.88. The number of nitrogens with one attached hydrogen (secondary N) is 1. The number of hydrogen-bond donors (Lipinski definition) is 0. The smallest absolute Gasteiger partial charge is 0.673 e. The van der Waals surface area contributed by atoms with E-state index in [0.717, 1.165) is 12.0 Å². The number of hydrogen-bond acceptors (Lipinski definition) is 0. The second-order valence-corrected chi connectivity index (χ2v) is 6.88. The van der Waals surface area contributed by atoms with Crippen molar-refractivity contribution in [2.75, 3.05) is 0 Å². The minimum Gasteiger partial charge on any atom is -0.673 e. The minimum atomic E-state index is -0.250. The van der Waals surface area contributed by atoms with Crippen molar-refractivity contribution in [2.45, 2.75) is 39.7 Å². The van der Waals surface area contributed by atoms with Crippen LogP contribution in [0.1, 0.15) is 45.2 Å². The molecule has 2 aromatic carbocycles. The Morgan fingerprint density at radius 3 is 2.08 bits per heavy atom. The van der Waals surface area contributed by atoms with E-state index in [0.29, 0.717) is 0 Å². The van der Waals surface area contributed by atoms with Crippen LogP contribution in [-0.4, -0.2) is 5.54 Å². The zero-order valence-electron chi connectivity index (χ0n) is 15.3. The van der Waals surface area contributed by atoms with Crippen LogP contribution in [0.3, 0.4) is 0 Å². The molecule has 0 heterocycles. The SMILES string of the molecule is CC(C)(C)[NH-].Cl.Cl.[CH2-]c1c(C2=CC(C)=CC2)ccc2ccccc12.[Ti+2]. The molecule has 1 aliphatic carbocycles. The summed E-state index contributed by atoms with van der Waals surface area (Å²) < 4.78 is 0. The summed E-state index contributed by atoms with van der Waals surface area (Å²) in [6.07, 6.45) is 5.56. The van der Waals surface area contributed by atoms with Gasteiger partial charge in [-0.2, -0.15) is 12.5 Å². The normalized spacial score (nSPS) is 12.5. The molecule has 3 rings (SSSR count). The van der Waals surface area contributed by atoms with Crippen LogP contribution in [-0.2, 0) is 21.7 Å². The molecule has 25 heavy (non-hydrogen) atoms. The van der Waals surface area contributed by atoms with Crippen LogP contribution in [0.2, 0.25) is 0 Å². The molecule has 2 aromatic rings. The van der Waals surface area contributed by atoms with Crippen molar-refractivity contribution in [1.29, 1.82) is 0 Å². The first-order chi connectivity index (χ1) is 10.3. The van der Waals surface area contributed by atoms with Gasteiger partial charge in [-0.05, 0) is 13.3 Å². The standard InChI is InChI=1S/C17H15.C4H10N.2ClH.Ti/c1-12-7-8-15(11-12)17-10-9-14-5-3-4-6-16(14)13(17)2;1-4(2,3)5;;;/h3-7,9-11H,2,8H2,1H3;5H,1-3H3;2*1H;/q2*-1;;;+2. The first-order valence-electron chi connectivity index (χ1n) is 7.72. The number of allylic oxidation sites excluding steroid dienone is 4. The van der Waals surface area contributed by atoms with Gasteiger partial charge in [0.15, 0.2) is 0 Å². The number of fused-ring (bicyclic) bond motifs is 1. The quantitative estimate of drug-likeness (QED) is 0.344. The molecule has 134 valence electrons. The number of rotatable bonds is 1. The van der Waals surface area contributed by atoms with E-state index >= 15 is 0 Å². The van der Waals surface area contributed by atoms with Gasteiger partial charge in [0.1, 0.15) is 0 Å². The Balaban J connectivity index is 0. The summed E-state index contributed by atoms with van der Waals surface area (Å²) in [5, 5.41) is 2.53. The van der Waals surface area contributed by atoms with E-state index in [2.05, 4.69) is 62.4 Å². The summed E-state index contributed by atoms with van der Waals surface area (Å²) in [6, 6.07) is 12.8. The zero-order chi connectivity index (χ0) is 16.3. The second kappa shape index (κ2) is 11.1. The van der Waals surface area contributed by atoms with Crippen molar-refractivity contribution in [3.05, 3.63) is 77.9 Å². The van der Waals surface area contributed by atoms with Crippen molar-refractivity contribution in [2.24, 2.45) is 0 Å². The molecular formula is C21H27Cl2NTi. The molecule has 0 radical (unpaired) electrons. The Labute approximate surface area is 179 Å². The first-order valence-corrected chi connectivity index (χ1v) is 7.72. The molecule has 0 saturated heterocycles. The van der Waals surface area contributed by atoms with Crippen molar-refractivity contribution in [1.82, 2.24) is 0 Å². The molecule has 0 bridgehead atoms. The molecule has 1 nitrogen and oxygen atoms in total. The van der Waals surface area contributed by atoms with Gasteiger partial charge in [-0.1, -0.05) is 73.7 Å². The van der Waals surface area contributed by atoms with Crippen LogP contribution in [0.5, 0.6) is 0 Å². The van der Waals surface area contributed by atoms with Crippen LogP contribution in [0.4, 0.5) is 0 Å². The van der Waals surface area contributed by atoms with E-state index in [4.69, 9.17) is 5.73 Å². The third kappa shape index (κ3) is 8.03. The van der Waals surface area contributed by atoms with E-state index < -0.39 is 0 Å². The Morgan fingerprint density at radius 2 is 1.56 bits per heavy atom. The van der Waals surface area contributed by atoms with Gasteiger partial charge in [0.2, 0.25) is 0 Å². The Hall–Kier alpha value is -0.696. The van der Waals surface area contributed by atoms with Crippen LogP contribution < -0.4 is 0 Å². The summed E-state index contributed by atoms with van der Waals surface area (Å²) in [7, 11) is 0.